The summed E-state index contributed by atoms with van der Waals surface area (Å²) in [6.07, 6.45) is 6.17. The average Bonchev–Trinajstić information content (AvgIpc) is 3.54. The highest BCUT2D eigenvalue weighted by Gasteiger charge is 2.32. The van der Waals surface area contributed by atoms with Crippen LogP contribution in [0.4, 0.5) is 22.0 Å². The van der Waals surface area contributed by atoms with Gasteiger partial charge >= 0.3 is 6.16 Å². The second-order valence-electron chi connectivity index (χ2n) is 10.8. The third kappa shape index (κ3) is 7.69. The van der Waals surface area contributed by atoms with E-state index in [-0.39, 0.29) is 29.0 Å². The van der Waals surface area contributed by atoms with Gasteiger partial charge in [-0.05, 0) is 71.6 Å². The van der Waals surface area contributed by atoms with Crippen LogP contribution >= 0.6 is 0 Å². The van der Waals surface area contributed by atoms with Gasteiger partial charge in [0.2, 0.25) is 0 Å². The van der Waals surface area contributed by atoms with Crippen LogP contribution in [0.25, 0.3) is 0 Å². The number of nitro benzene ring substituents is 1. The van der Waals surface area contributed by atoms with Crippen molar-refractivity contribution in [3.63, 3.8) is 0 Å². The summed E-state index contributed by atoms with van der Waals surface area (Å²) in [5.41, 5.74) is 6.88. The molecule has 0 saturated heterocycles. The van der Waals surface area contributed by atoms with E-state index in [1.54, 1.807) is 12.4 Å². The molecule has 0 unspecified atom stereocenters. The highest BCUT2D eigenvalue weighted by Crippen LogP contribution is 2.38. The lowest BCUT2D eigenvalue weighted by Crippen LogP contribution is -2.24. The molecule has 1 saturated carbocycles. The topological polar surface area (TPSA) is 157 Å². The van der Waals surface area contributed by atoms with Crippen LogP contribution in [0, 0.1) is 10.1 Å². The van der Waals surface area contributed by atoms with Crippen LogP contribution in [0.1, 0.15) is 64.5 Å². The number of hydrogen-bond acceptors (Lipinski definition) is 10. The number of unbranched alkanes of at least 4 members (excludes halogenated alkanes) is 1. The van der Waals surface area contributed by atoms with Crippen LogP contribution in [0.3, 0.4) is 0 Å². The number of non-ortho nitro benzene ring substituents is 1. The Bertz CT molecular complexity index is 1300. The maximum Gasteiger partial charge on any atom is 0.514 e. The number of ether oxygens (including phenoxy) is 3. The van der Waals surface area contributed by atoms with Crippen molar-refractivity contribution in [2.45, 2.75) is 70.4 Å². The molecule has 2 heterocycles. The van der Waals surface area contributed by atoms with Crippen molar-refractivity contribution in [3.05, 3.63) is 64.6 Å². The van der Waals surface area contributed by atoms with Gasteiger partial charge in [-0.25, -0.2) is 9.48 Å². The standard InChI is InChI=1S/C28H36N6O6/c1-28(2,3)33-26(31-20-15-24(18-30-17-20)38-13-5-4-12-29)16-25(32-33)19-6-9-23(14-19)40-27(35)39-22-10-7-21(8-11-22)34(36)37/h7-8,10-11,15-19,23,31H,4-6,9,12-14,29H2,1-3H3/t19-,23+/m0/s1. The van der Waals surface area contributed by atoms with Crippen LogP contribution < -0.4 is 20.5 Å². The molecule has 1 aliphatic carbocycles. The largest absolute Gasteiger partial charge is 0.514 e. The van der Waals surface area contributed by atoms with E-state index < -0.39 is 11.1 Å². The van der Waals surface area contributed by atoms with Crippen LogP contribution in [-0.4, -0.2) is 45.1 Å². The van der Waals surface area contributed by atoms with Gasteiger partial charge in [0.15, 0.2) is 0 Å². The van der Waals surface area contributed by atoms with Crippen molar-refractivity contribution in [2.24, 2.45) is 5.73 Å². The zero-order chi connectivity index (χ0) is 28.7. The highest BCUT2D eigenvalue weighted by atomic mass is 16.7. The predicted molar refractivity (Wildman–Crippen MR) is 149 cm³/mol. The summed E-state index contributed by atoms with van der Waals surface area (Å²) in [6, 6.07) is 9.21. The summed E-state index contributed by atoms with van der Waals surface area (Å²) in [6.45, 7) is 7.47. The van der Waals surface area contributed by atoms with Gasteiger partial charge in [-0.1, -0.05) is 0 Å². The van der Waals surface area contributed by atoms with E-state index in [4.69, 9.17) is 25.0 Å². The first-order valence-corrected chi connectivity index (χ1v) is 13.4. The SMILES string of the molecule is CC(C)(C)n1nc([C@H]2CC[C@@H](OC(=O)Oc3ccc([N+](=O)[O-])cc3)C2)cc1Nc1cncc(OCCCCN)c1. The average molecular weight is 553 g/mol. The van der Waals surface area contributed by atoms with E-state index >= 15 is 0 Å². The molecule has 3 N–H and O–H groups in total. The summed E-state index contributed by atoms with van der Waals surface area (Å²) in [5.74, 6) is 1.80. The van der Waals surface area contributed by atoms with E-state index in [0.717, 1.165) is 36.5 Å². The minimum absolute atomic E-state index is 0.0847. The van der Waals surface area contributed by atoms with Crippen LogP contribution in [0.5, 0.6) is 11.5 Å². The first-order chi connectivity index (χ1) is 19.1. The van der Waals surface area contributed by atoms with Crippen molar-refractivity contribution >= 4 is 23.3 Å². The van der Waals surface area contributed by atoms with E-state index in [1.807, 2.05) is 16.8 Å². The number of nitrogens with zero attached hydrogens (tertiary/aromatic N) is 4. The molecule has 0 aliphatic heterocycles. The van der Waals surface area contributed by atoms with E-state index in [0.29, 0.717) is 31.7 Å². The monoisotopic (exact) mass is 552 g/mol. The number of aromatic nitrogens is 3. The molecular weight excluding hydrogens is 516 g/mol. The second-order valence-corrected chi connectivity index (χ2v) is 10.8. The molecule has 1 aliphatic rings. The summed E-state index contributed by atoms with van der Waals surface area (Å²) in [4.78, 5) is 26.9. The number of carbonyl (C=O) groups is 1. The van der Waals surface area contributed by atoms with Gasteiger partial charge in [0, 0.05) is 30.2 Å². The van der Waals surface area contributed by atoms with Crippen molar-refractivity contribution in [2.75, 3.05) is 18.5 Å². The van der Waals surface area contributed by atoms with Gasteiger partial charge < -0.3 is 25.3 Å². The van der Waals surface area contributed by atoms with Gasteiger partial charge in [-0.2, -0.15) is 5.10 Å². The number of hydrogen-bond donors (Lipinski definition) is 2. The molecule has 2 aromatic heterocycles. The molecule has 0 bridgehead atoms. The molecule has 12 nitrogen and oxygen atoms in total. The summed E-state index contributed by atoms with van der Waals surface area (Å²) >= 11 is 0. The molecule has 214 valence electrons. The molecule has 0 radical (unpaired) electrons. The smallest absolute Gasteiger partial charge is 0.492 e. The number of benzene rings is 1. The Hall–Kier alpha value is -4.19. The summed E-state index contributed by atoms with van der Waals surface area (Å²) < 4.78 is 18.5. The molecule has 0 spiro atoms. The van der Waals surface area contributed by atoms with Crippen molar-refractivity contribution in [1.29, 1.82) is 0 Å². The molecule has 1 aromatic carbocycles. The Kier molecular flexibility index (Phi) is 9.20. The number of carbonyl (C=O) groups excluding carboxylic acids is 1. The lowest BCUT2D eigenvalue weighted by molar-refractivity contribution is -0.384. The number of rotatable bonds is 11. The third-order valence-electron chi connectivity index (χ3n) is 6.53. The summed E-state index contributed by atoms with van der Waals surface area (Å²) in [7, 11) is 0. The molecule has 12 heteroatoms. The molecule has 2 atom stereocenters. The number of nitro groups is 1. The van der Waals surface area contributed by atoms with Crippen LogP contribution in [-0.2, 0) is 10.3 Å². The number of nitrogens with one attached hydrogen (secondary N) is 1. The molecule has 0 amide bonds. The van der Waals surface area contributed by atoms with Gasteiger partial charge in [-0.15, -0.1) is 0 Å². The molecule has 4 rings (SSSR count). The van der Waals surface area contributed by atoms with E-state index in [1.165, 1.54) is 24.3 Å². The first kappa shape index (κ1) is 28.8. The Morgan fingerprint density at radius 3 is 2.62 bits per heavy atom. The maximum atomic E-state index is 12.3. The molecular formula is C28H36N6O6. The first-order valence-electron chi connectivity index (χ1n) is 13.4. The minimum atomic E-state index is -0.834. The lowest BCUT2D eigenvalue weighted by Gasteiger charge is -2.23. The molecule has 40 heavy (non-hydrogen) atoms. The maximum absolute atomic E-state index is 12.3. The van der Waals surface area contributed by atoms with Gasteiger partial charge in [-0.3, -0.25) is 15.1 Å². The molecule has 1 fully saturated rings. The Morgan fingerprint density at radius 2 is 1.93 bits per heavy atom. The minimum Gasteiger partial charge on any atom is -0.492 e. The third-order valence-corrected chi connectivity index (χ3v) is 6.53. The fourth-order valence-corrected chi connectivity index (χ4v) is 4.56. The van der Waals surface area contributed by atoms with Crippen molar-refractivity contribution in [1.82, 2.24) is 14.8 Å². The van der Waals surface area contributed by atoms with Crippen LogP contribution in [0.15, 0.2) is 48.8 Å². The highest BCUT2D eigenvalue weighted by molar-refractivity contribution is 5.64. The predicted octanol–water partition coefficient (Wildman–Crippen LogP) is 5.65. The second kappa shape index (κ2) is 12.8. The van der Waals surface area contributed by atoms with E-state index in [2.05, 4.69) is 31.1 Å². The fourth-order valence-electron chi connectivity index (χ4n) is 4.56. The zero-order valence-electron chi connectivity index (χ0n) is 23.0. The van der Waals surface area contributed by atoms with Crippen LogP contribution in [0.2, 0.25) is 0 Å². The van der Waals surface area contributed by atoms with E-state index in [9.17, 15) is 14.9 Å². The van der Waals surface area contributed by atoms with Crippen molar-refractivity contribution < 1.29 is 23.9 Å². The normalized spacial score (nSPS) is 16.9. The fraction of sp³-hybridized carbons (Fsp3) is 0.464. The van der Waals surface area contributed by atoms with Crippen molar-refractivity contribution in [3.8, 4) is 11.5 Å². The number of pyridine rings is 1. The Morgan fingerprint density at radius 1 is 1.15 bits per heavy atom. The Labute approximate surface area is 233 Å². The van der Waals surface area contributed by atoms with Gasteiger partial charge in [0.25, 0.3) is 5.69 Å². The summed E-state index contributed by atoms with van der Waals surface area (Å²) in [5, 5.41) is 19.2. The lowest BCUT2D eigenvalue weighted by atomic mass is 10.0. The van der Waals surface area contributed by atoms with Gasteiger partial charge in [0.1, 0.15) is 23.4 Å². The number of anilines is 2. The zero-order valence-corrected chi connectivity index (χ0v) is 23.0. The quantitative estimate of drug-likeness (QED) is 0.100. The Balaban J connectivity index is 1.38. The molecule has 3 aromatic rings. The number of nitrogens with two attached hydrogens (primary N) is 1. The van der Waals surface area contributed by atoms with Gasteiger partial charge in [0.05, 0.1) is 40.8 Å².